The molecule has 0 spiro atoms. The number of hydrogen-bond acceptors (Lipinski definition) is 3. The summed E-state index contributed by atoms with van der Waals surface area (Å²) in [6.45, 7) is 3.71. The Hall–Kier alpha value is -3.10. The molecule has 1 amide bonds. The molecule has 0 aliphatic heterocycles. The SMILES string of the molecule is Cc1c(C(=O)Nc2ccnn2C(C)C2CC2)cnn1-c1cccc(C(F)(F)F)c1. The molecule has 1 fully saturated rings. The van der Waals surface area contributed by atoms with Crippen LogP contribution in [0.2, 0.25) is 0 Å². The number of anilines is 1. The summed E-state index contributed by atoms with van der Waals surface area (Å²) in [4.78, 5) is 12.8. The van der Waals surface area contributed by atoms with Gasteiger partial charge in [-0.15, -0.1) is 0 Å². The number of nitrogens with zero attached hydrogens (tertiary/aromatic N) is 4. The third-order valence-corrected chi connectivity index (χ3v) is 5.27. The lowest BCUT2D eigenvalue weighted by Gasteiger charge is -2.15. The Morgan fingerprint density at radius 3 is 2.69 bits per heavy atom. The van der Waals surface area contributed by atoms with Crippen molar-refractivity contribution in [2.45, 2.75) is 38.9 Å². The third-order valence-electron chi connectivity index (χ3n) is 5.27. The van der Waals surface area contributed by atoms with Crippen LogP contribution >= 0.6 is 0 Å². The predicted octanol–water partition coefficient (Wildman–Crippen LogP) is 4.62. The highest BCUT2D eigenvalue weighted by Gasteiger charge is 2.32. The molecule has 1 saturated carbocycles. The van der Waals surface area contributed by atoms with Crippen molar-refractivity contribution in [1.82, 2.24) is 19.6 Å². The number of halogens is 3. The molecule has 3 aromatic rings. The molecule has 2 heterocycles. The fourth-order valence-corrected chi connectivity index (χ4v) is 3.41. The first-order chi connectivity index (χ1) is 13.8. The Morgan fingerprint density at radius 2 is 2.00 bits per heavy atom. The average molecular weight is 403 g/mol. The lowest BCUT2D eigenvalue weighted by atomic mass is 10.2. The maximum atomic E-state index is 13.0. The second-order valence-corrected chi connectivity index (χ2v) is 7.30. The first-order valence-corrected chi connectivity index (χ1v) is 9.33. The van der Waals surface area contributed by atoms with Crippen molar-refractivity contribution in [2.75, 3.05) is 5.32 Å². The van der Waals surface area contributed by atoms with Crippen molar-refractivity contribution in [1.29, 1.82) is 0 Å². The molecule has 29 heavy (non-hydrogen) atoms. The highest BCUT2D eigenvalue weighted by Crippen LogP contribution is 2.40. The maximum absolute atomic E-state index is 13.0. The summed E-state index contributed by atoms with van der Waals surface area (Å²) in [5.41, 5.74) is 0.204. The second kappa shape index (κ2) is 7.06. The van der Waals surface area contributed by atoms with Crippen LogP contribution in [-0.4, -0.2) is 25.5 Å². The number of amides is 1. The maximum Gasteiger partial charge on any atom is 0.416 e. The summed E-state index contributed by atoms with van der Waals surface area (Å²) >= 11 is 0. The van der Waals surface area contributed by atoms with Crippen molar-refractivity contribution >= 4 is 11.7 Å². The van der Waals surface area contributed by atoms with Crippen LogP contribution in [0.1, 0.15) is 47.4 Å². The van der Waals surface area contributed by atoms with Crippen LogP contribution in [0, 0.1) is 12.8 Å². The molecule has 2 aromatic heterocycles. The highest BCUT2D eigenvalue weighted by molar-refractivity contribution is 6.04. The molecular weight excluding hydrogens is 383 g/mol. The van der Waals surface area contributed by atoms with E-state index in [0.29, 0.717) is 17.4 Å². The minimum Gasteiger partial charge on any atom is -0.307 e. The Labute approximate surface area is 165 Å². The molecule has 0 radical (unpaired) electrons. The molecule has 0 saturated heterocycles. The van der Waals surface area contributed by atoms with Gasteiger partial charge in [-0.3, -0.25) is 4.79 Å². The zero-order chi connectivity index (χ0) is 20.8. The molecule has 1 N–H and O–H groups in total. The van der Waals surface area contributed by atoms with Gasteiger partial charge in [0.2, 0.25) is 0 Å². The summed E-state index contributed by atoms with van der Waals surface area (Å²) in [6, 6.07) is 6.75. The lowest BCUT2D eigenvalue weighted by Crippen LogP contribution is -2.19. The van der Waals surface area contributed by atoms with Crippen LogP contribution in [0.3, 0.4) is 0 Å². The number of alkyl halides is 3. The molecule has 1 aliphatic carbocycles. The van der Waals surface area contributed by atoms with Gasteiger partial charge in [-0.25, -0.2) is 9.36 Å². The van der Waals surface area contributed by atoms with Gasteiger partial charge in [0.05, 0.1) is 40.9 Å². The number of aromatic nitrogens is 4. The molecule has 1 unspecified atom stereocenters. The summed E-state index contributed by atoms with van der Waals surface area (Å²) in [6.07, 6.45) is 0.839. The van der Waals surface area contributed by atoms with Crippen LogP contribution in [0.25, 0.3) is 5.69 Å². The van der Waals surface area contributed by atoms with Gasteiger partial charge in [0.15, 0.2) is 0 Å². The van der Waals surface area contributed by atoms with Crippen LogP contribution in [0.5, 0.6) is 0 Å². The van der Waals surface area contributed by atoms with Crippen LogP contribution in [-0.2, 0) is 6.18 Å². The van der Waals surface area contributed by atoms with Gasteiger partial charge < -0.3 is 5.32 Å². The van der Waals surface area contributed by atoms with Crippen molar-refractivity contribution in [3.05, 3.63) is 59.5 Å². The summed E-state index contributed by atoms with van der Waals surface area (Å²) in [5.74, 6) is 0.766. The zero-order valence-corrected chi connectivity index (χ0v) is 15.9. The van der Waals surface area contributed by atoms with Gasteiger partial charge in [0, 0.05) is 6.07 Å². The van der Waals surface area contributed by atoms with Gasteiger partial charge in [-0.2, -0.15) is 23.4 Å². The quantitative estimate of drug-likeness (QED) is 0.676. The van der Waals surface area contributed by atoms with Crippen molar-refractivity contribution in [2.24, 2.45) is 5.92 Å². The van der Waals surface area contributed by atoms with Crippen molar-refractivity contribution < 1.29 is 18.0 Å². The van der Waals surface area contributed by atoms with E-state index in [0.717, 1.165) is 25.0 Å². The van der Waals surface area contributed by atoms with E-state index in [1.807, 2.05) is 0 Å². The van der Waals surface area contributed by atoms with Crippen LogP contribution in [0.4, 0.5) is 19.0 Å². The first kappa shape index (κ1) is 19.2. The van der Waals surface area contributed by atoms with E-state index in [-0.39, 0.29) is 23.2 Å². The summed E-state index contributed by atoms with van der Waals surface area (Å²) in [7, 11) is 0. The molecular formula is C20H20F3N5O. The molecule has 9 heteroatoms. The van der Waals surface area contributed by atoms with Gasteiger partial charge in [-0.05, 0) is 50.8 Å². The number of carbonyl (C=O) groups excluding carboxylic acids is 1. The standard InChI is InChI=1S/C20H20F3N5O/c1-12(14-6-7-14)28-18(8-9-24-28)26-19(29)17-11-25-27(13(17)2)16-5-3-4-15(10-16)20(21,22)23/h3-5,8-12,14H,6-7H2,1-2H3,(H,26,29). The number of hydrogen-bond donors (Lipinski definition) is 1. The van der Waals surface area contributed by atoms with Crippen molar-refractivity contribution in [3.8, 4) is 5.69 Å². The summed E-state index contributed by atoms with van der Waals surface area (Å²) < 4.78 is 42.1. The fourth-order valence-electron chi connectivity index (χ4n) is 3.41. The van der Waals surface area contributed by atoms with Gasteiger partial charge in [-0.1, -0.05) is 6.07 Å². The van der Waals surface area contributed by atoms with Crippen LogP contribution in [0.15, 0.2) is 42.7 Å². The fraction of sp³-hybridized carbons (Fsp3) is 0.350. The van der Waals surface area contributed by atoms with E-state index in [2.05, 4.69) is 22.4 Å². The number of carbonyl (C=O) groups is 1. The van der Waals surface area contributed by atoms with Gasteiger partial charge in [0.1, 0.15) is 5.82 Å². The number of nitrogens with one attached hydrogen (secondary N) is 1. The lowest BCUT2D eigenvalue weighted by molar-refractivity contribution is -0.137. The summed E-state index contributed by atoms with van der Waals surface area (Å²) in [5, 5.41) is 11.3. The van der Waals surface area contributed by atoms with Gasteiger partial charge >= 0.3 is 6.18 Å². The van der Waals surface area contributed by atoms with Crippen molar-refractivity contribution in [3.63, 3.8) is 0 Å². The minimum atomic E-state index is -4.45. The molecule has 1 aliphatic rings. The van der Waals surface area contributed by atoms with Crippen LogP contribution < -0.4 is 5.32 Å². The minimum absolute atomic E-state index is 0.189. The monoisotopic (exact) mass is 403 g/mol. The second-order valence-electron chi connectivity index (χ2n) is 7.30. The smallest absolute Gasteiger partial charge is 0.307 e. The number of rotatable bonds is 5. The largest absolute Gasteiger partial charge is 0.416 e. The zero-order valence-electron chi connectivity index (χ0n) is 15.9. The molecule has 0 bridgehead atoms. The van der Waals surface area contributed by atoms with E-state index < -0.39 is 11.7 Å². The molecule has 4 rings (SSSR count). The van der Waals surface area contributed by atoms with Gasteiger partial charge in [0.25, 0.3) is 5.91 Å². The Balaban J connectivity index is 1.58. The third kappa shape index (κ3) is 3.76. The average Bonchev–Trinajstić information content (AvgIpc) is 3.31. The molecule has 1 atom stereocenters. The topological polar surface area (TPSA) is 64.7 Å². The number of benzene rings is 1. The Kier molecular flexibility index (Phi) is 4.68. The molecule has 1 aromatic carbocycles. The Bertz CT molecular complexity index is 1050. The Morgan fingerprint density at radius 1 is 1.24 bits per heavy atom. The predicted molar refractivity (Wildman–Crippen MR) is 101 cm³/mol. The van der Waals surface area contributed by atoms with E-state index in [1.165, 1.54) is 23.0 Å². The van der Waals surface area contributed by atoms with E-state index in [1.54, 1.807) is 23.9 Å². The molecule has 6 nitrogen and oxygen atoms in total. The highest BCUT2D eigenvalue weighted by atomic mass is 19.4. The normalized spacial score (nSPS) is 15.3. The van der Waals surface area contributed by atoms with E-state index in [9.17, 15) is 18.0 Å². The molecule has 152 valence electrons. The first-order valence-electron chi connectivity index (χ1n) is 9.33. The van der Waals surface area contributed by atoms with E-state index >= 15 is 0 Å². The van der Waals surface area contributed by atoms with E-state index in [4.69, 9.17) is 0 Å².